The highest BCUT2D eigenvalue weighted by atomic mass is 16.6. The molecule has 7 heteroatoms. The Hall–Kier alpha value is -3.01. The largest absolute Gasteiger partial charge is 0.444 e. The molecule has 0 spiro atoms. The summed E-state index contributed by atoms with van der Waals surface area (Å²) in [5.74, 6) is 1.16. The van der Waals surface area contributed by atoms with Gasteiger partial charge in [0.15, 0.2) is 0 Å². The monoisotopic (exact) mass is 435 g/mol. The molecule has 1 saturated carbocycles. The molecule has 0 radical (unpaired) electrons. The van der Waals surface area contributed by atoms with Gasteiger partial charge in [-0.2, -0.15) is 10.4 Å². The van der Waals surface area contributed by atoms with Gasteiger partial charge in [-0.25, -0.2) is 9.48 Å². The van der Waals surface area contributed by atoms with Crippen LogP contribution in [0.3, 0.4) is 0 Å². The van der Waals surface area contributed by atoms with E-state index in [1.165, 1.54) is 24.0 Å². The summed E-state index contributed by atoms with van der Waals surface area (Å²) < 4.78 is 7.16. The maximum Gasteiger partial charge on any atom is 0.407 e. The molecule has 2 aliphatic rings. The van der Waals surface area contributed by atoms with E-state index in [0.29, 0.717) is 23.8 Å². The number of ether oxygens (including phenoxy) is 1. The molecule has 1 amide bonds. The van der Waals surface area contributed by atoms with Crippen LogP contribution in [0.1, 0.15) is 74.8 Å². The minimum absolute atomic E-state index is 0.147. The Morgan fingerprint density at radius 2 is 2.03 bits per heavy atom. The van der Waals surface area contributed by atoms with Crippen molar-refractivity contribution in [1.29, 1.82) is 5.26 Å². The van der Waals surface area contributed by atoms with Crippen LogP contribution in [0.2, 0.25) is 0 Å². The predicted octanol–water partition coefficient (Wildman–Crippen LogP) is 4.30. The number of aryl methyl sites for hydroxylation is 1. The van der Waals surface area contributed by atoms with E-state index < -0.39 is 11.7 Å². The van der Waals surface area contributed by atoms with E-state index in [9.17, 15) is 10.1 Å². The highest BCUT2D eigenvalue weighted by Gasteiger charge is 2.31. The number of fused-ring (bicyclic) bond motifs is 1. The fourth-order valence-electron chi connectivity index (χ4n) is 4.58. The number of alkyl carbamates (subject to hydrolysis) is 1. The van der Waals surface area contributed by atoms with Gasteiger partial charge < -0.3 is 15.8 Å². The molecule has 4 rings (SSSR count). The molecule has 2 aromatic rings. The molecule has 2 aliphatic carbocycles. The topological polar surface area (TPSA) is 106 Å². The summed E-state index contributed by atoms with van der Waals surface area (Å²) in [6.07, 6.45) is 5.56. The summed E-state index contributed by atoms with van der Waals surface area (Å²) in [5.41, 5.74) is 9.76. The van der Waals surface area contributed by atoms with Gasteiger partial charge >= 0.3 is 6.09 Å². The lowest BCUT2D eigenvalue weighted by Crippen LogP contribution is -2.41. The number of hydrogen-bond acceptors (Lipinski definition) is 5. The molecule has 2 atom stereocenters. The zero-order valence-electron chi connectivity index (χ0n) is 19.2. The number of anilines is 1. The molecule has 2 unspecified atom stereocenters. The van der Waals surface area contributed by atoms with Crippen molar-refractivity contribution in [3.05, 3.63) is 46.6 Å². The summed E-state index contributed by atoms with van der Waals surface area (Å²) in [7, 11) is 0. The minimum Gasteiger partial charge on any atom is -0.444 e. The van der Waals surface area contributed by atoms with Gasteiger partial charge in [-0.05, 0) is 63.5 Å². The maximum atomic E-state index is 12.4. The van der Waals surface area contributed by atoms with Crippen LogP contribution >= 0.6 is 0 Å². The Labute approximate surface area is 189 Å². The molecule has 7 nitrogen and oxygen atoms in total. The number of benzene rings is 1. The highest BCUT2D eigenvalue weighted by Crippen LogP contribution is 2.36. The average molecular weight is 436 g/mol. The van der Waals surface area contributed by atoms with E-state index >= 15 is 0 Å². The van der Waals surface area contributed by atoms with Gasteiger partial charge in [-0.1, -0.05) is 37.1 Å². The third kappa shape index (κ3) is 5.24. The summed E-state index contributed by atoms with van der Waals surface area (Å²) in [6, 6.07) is 10.6. The van der Waals surface area contributed by atoms with Gasteiger partial charge in [0, 0.05) is 5.92 Å². The van der Waals surface area contributed by atoms with Crippen LogP contribution in [0.15, 0.2) is 24.3 Å². The molecule has 32 heavy (non-hydrogen) atoms. The first-order valence-corrected chi connectivity index (χ1v) is 11.6. The van der Waals surface area contributed by atoms with E-state index in [0.717, 1.165) is 31.4 Å². The number of nitriles is 1. The van der Waals surface area contributed by atoms with Gasteiger partial charge in [0.2, 0.25) is 0 Å². The van der Waals surface area contributed by atoms with Crippen molar-refractivity contribution in [2.45, 2.75) is 83.4 Å². The number of amides is 1. The Balaban J connectivity index is 1.53. The van der Waals surface area contributed by atoms with Crippen LogP contribution in [0.5, 0.6) is 0 Å². The first-order chi connectivity index (χ1) is 15.2. The number of nitrogens with two attached hydrogens (primary N) is 1. The van der Waals surface area contributed by atoms with Gasteiger partial charge in [-0.15, -0.1) is 0 Å². The number of rotatable bonds is 6. The first-order valence-electron chi connectivity index (χ1n) is 11.6. The second-order valence-corrected chi connectivity index (χ2v) is 10.2. The second kappa shape index (κ2) is 8.85. The van der Waals surface area contributed by atoms with Crippen molar-refractivity contribution < 1.29 is 9.53 Å². The van der Waals surface area contributed by atoms with Crippen LogP contribution in [0.25, 0.3) is 0 Å². The zero-order chi connectivity index (χ0) is 22.9. The van der Waals surface area contributed by atoms with Crippen LogP contribution in [0, 0.1) is 17.2 Å². The van der Waals surface area contributed by atoms with Crippen molar-refractivity contribution >= 4 is 11.9 Å². The van der Waals surface area contributed by atoms with Gasteiger partial charge in [0.05, 0.1) is 18.3 Å². The van der Waals surface area contributed by atoms with Gasteiger partial charge in [0.1, 0.15) is 23.1 Å². The molecule has 1 fully saturated rings. The lowest BCUT2D eigenvalue weighted by atomic mass is 9.81. The van der Waals surface area contributed by atoms with Crippen LogP contribution in [-0.2, 0) is 24.1 Å². The molecule has 0 bridgehead atoms. The number of nitrogen functional groups attached to an aromatic ring is 1. The standard InChI is InChI=1S/C25H33N5O2/c1-25(2,3)32-24(31)28-20(12-16-8-9-16)15-30-23(27)21(14-26)22(29-30)19-11-10-17-6-4-5-7-18(17)13-19/h4-7,16,19-20H,8-13,15,27H2,1-3H3,(H,28,31). The number of hydrogen-bond donors (Lipinski definition) is 2. The highest BCUT2D eigenvalue weighted by molar-refractivity contribution is 5.68. The van der Waals surface area contributed by atoms with E-state index in [1.807, 2.05) is 20.8 Å². The van der Waals surface area contributed by atoms with Crippen molar-refractivity contribution in [3.63, 3.8) is 0 Å². The summed E-state index contributed by atoms with van der Waals surface area (Å²) in [5, 5.41) is 17.6. The summed E-state index contributed by atoms with van der Waals surface area (Å²) in [6.45, 7) is 5.98. The van der Waals surface area contributed by atoms with Gasteiger partial charge in [0.25, 0.3) is 0 Å². The van der Waals surface area contributed by atoms with Crippen LogP contribution in [0.4, 0.5) is 10.6 Å². The third-order valence-corrected chi connectivity index (χ3v) is 6.29. The van der Waals surface area contributed by atoms with E-state index in [2.05, 4.69) is 35.7 Å². The maximum absolute atomic E-state index is 12.4. The lowest BCUT2D eigenvalue weighted by molar-refractivity contribution is 0.0494. The smallest absolute Gasteiger partial charge is 0.407 e. The fourth-order valence-corrected chi connectivity index (χ4v) is 4.58. The molecule has 1 aromatic heterocycles. The van der Waals surface area contributed by atoms with Crippen molar-refractivity contribution in [2.24, 2.45) is 5.92 Å². The normalized spacial score (nSPS) is 19.0. The van der Waals surface area contributed by atoms with Crippen LogP contribution < -0.4 is 11.1 Å². The van der Waals surface area contributed by atoms with Gasteiger partial charge in [-0.3, -0.25) is 0 Å². The summed E-state index contributed by atoms with van der Waals surface area (Å²) in [4.78, 5) is 12.4. The van der Waals surface area contributed by atoms with E-state index in [1.54, 1.807) is 4.68 Å². The average Bonchev–Trinajstić information content (AvgIpc) is 3.49. The molecule has 0 saturated heterocycles. The molecule has 1 aromatic carbocycles. The van der Waals surface area contributed by atoms with Crippen molar-refractivity contribution in [3.8, 4) is 6.07 Å². The molecule has 3 N–H and O–H groups in total. The quantitative estimate of drug-likeness (QED) is 0.703. The molecule has 170 valence electrons. The van der Waals surface area contributed by atoms with E-state index in [-0.39, 0.29) is 12.0 Å². The third-order valence-electron chi connectivity index (χ3n) is 6.29. The fraction of sp³-hybridized carbons (Fsp3) is 0.560. The number of carbonyl (C=O) groups excluding carboxylic acids is 1. The minimum atomic E-state index is -0.558. The zero-order valence-corrected chi connectivity index (χ0v) is 19.2. The Bertz CT molecular complexity index is 1030. The number of aromatic nitrogens is 2. The number of carbonyl (C=O) groups is 1. The van der Waals surface area contributed by atoms with E-state index in [4.69, 9.17) is 15.6 Å². The number of nitrogens with zero attached hydrogens (tertiary/aromatic N) is 3. The predicted molar refractivity (Wildman–Crippen MR) is 123 cm³/mol. The summed E-state index contributed by atoms with van der Waals surface area (Å²) >= 11 is 0. The lowest BCUT2D eigenvalue weighted by Gasteiger charge is -2.24. The van der Waals surface area contributed by atoms with Crippen molar-refractivity contribution in [2.75, 3.05) is 5.73 Å². The Kier molecular flexibility index (Phi) is 6.14. The number of nitrogens with one attached hydrogen (secondary N) is 1. The van der Waals surface area contributed by atoms with Crippen molar-refractivity contribution in [1.82, 2.24) is 15.1 Å². The SMILES string of the molecule is CC(C)(C)OC(=O)NC(CC1CC1)Cn1nc(C2CCc3ccccc3C2)c(C#N)c1N. The first kappa shape index (κ1) is 22.2. The Morgan fingerprint density at radius 1 is 1.31 bits per heavy atom. The molecular formula is C25H33N5O2. The molecular weight excluding hydrogens is 402 g/mol. The Morgan fingerprint density at radius 3 is 2.69 bits per heavy atom. The van der Waals surface area contributed by atoms with Crippen LogP contribution in [-0.4, -0.2) is 27.5 Å². The molecule has 0 aliphatic heterocycles. The molecule has 1 heterocycles. The second-order valence-electron chi connectivity index (χ2n) is 10.2.